The Balaban J connectivity index is 1.63. The molecule has 0 saturated carbocycles. The fourth-order valence-corrected chi connectivity index (χ4v) is 3.43. The van der Waals surface area contributed by atoms with Gasteiger partial charge in [-0.05, 0) is 36.9 Å². The molecule has 0 aliphatic carbocycles. The Labute approximate surface area is 168 Å². The van der Waals surface area contributed by atoms with Gasteiger partial charge in [0.15, 0.2) is 0 Å². The van der Waals surface area contributed by atoms with Gasteiger partial charge in [0.2, 0.25) is 11.8 Å². The summed E-state index contributed by atoms with van der Waals surface area (Å²) < 4.78 is 10.9. The van der Waals surface area contributed by atoms with Gasteiger partial charge in [-0.3, -0.25) is 9.69 Å². The summed E-state index contributed by atoms with van der Waals surface area (Å²) in [5, 5.41) is 13.1. The number of amides is 1. The first kappa shape index (κ1) is 20.2. The normalized spacial score (nSPS) is 11.1. The van der Waals surface area contributed by atoms with E-state index in [1.54, 1.807) is 18.4 Å². The molecule has 0 spiro atoms. The first-order chi connectivity index (χ1) is 13.5. The Hall–Kier alpha value is -2.55. The molecule has 0 fully saturated rings. The van der Waals surface area contributed by atoms with Gasteiger partial charge in [-0.1, -0.05) is 23.8 Å². The fourth-order valence-electron chi connectivity index (χ4n) is 2.79. The molecule has 3 aromatic rings. The third kappa shape index (κ3) is 5.48. The number of rotatable bonds is 9. The van der Waals surface area contributed by atoms with Gasteiger partial charge in [-0.15, -0.1) is 21.5 Å². The van der Waals surface area contributed by atoms with E-state index in [1.807, 2.05) is 54.5 Å². The summed E-state index contributed by atoms with van der Waals surface area (Å²) in [7, 11) is 1.63. The van der Waals surface area contributed by atoms with E-state index in [2.05, 4.69) is 15.5 Å². The summed E-state index contributed by atoms with van der Waals surface area (Å²) in [5.41, 5.74) is 3.02. The van der Waals surface area contributed by atoms with Gasteiger partial charge in [-0.2, -0.15) is 0 Å². The Morgan fingerprint density at radius 1 is 1.29 bits per heavy atom. The molecule has 7 nitrogen and oxygen atoms in total. The predicted octanol–water partition coefficient (Wildman–Crippen LogP) is 3.50. The average molecular weight is 401 g/mol. The van der Waals surface area contributed by atoms with Crippen LogP contribution in [0.3, 0.4) is 0 Å². The first-order valence-electron chi connectivity index (χ1n) is 9.00. The maximum atomic E-state index is 12.5. The number of carbonyl (C=O) groups is 1. The number of ether oxygens (including phenoxy) is 1. The SMILES string of the molecule is COCCN(CC(=O)Nc1ccc(C)cc1C)Cc1nnc(-c2cccs2)o1. The van der Waals surface area contributed by atoms with Crippen LogP contribution < -0.4 is 5.32 Å². The number of benzene rings is 1. The molecule has 0 bridgehead atoms. The van der Waals surface area contributed by atoms with Crippen molar-refractivity contribution in [3.8, 4) is 10.8 Å². The standard InChI is InChI=1S/C20H24N4O3S/c1-14-6-7-16(15(2)11-14)21-18(25)12-24(8-9-26-3)13-19-22-23-20(27-19)17-5-4-10-28-17/h4-7,10-11H,8-9,12-13H2,1-3H3,(H,21,25). The lowest BCUT2D eigenvalue weighted by molar-refractivity contribution is -0.117. The molecule has 0 saturated heterocycles. The second kappa shape index (κ2) is 9.59. The number of thiophene rings is 1. The number of hydrogen-bond acceptors (Lipinski definition) is 7. The van der Waals surface area contributed by atoms with Crippen LogP contribution >= 0.6 is 11.3 Å². The molecule has 0 atom stereocenters. The van der Waals surface area contributed by atoms with Crippen LogP contribution in [0.2, 0.25) is 0 Å². The largest absolute Gasteiger partial charge is 0.419 e. The lowest BCUT2D eigenvalue weighted by Gasteiger charge is -2.20. The van der Waals surface area contributed by atoms with Crippen molar-refractivity contribution >= 4 is 22.9 Å². The monoisotopic (exact) mass is 400 g/mol. The summed E-state index contributed by atoms with van der Waals surface area (Å²) >= 11 is 1.54. The summed E-state index contributed by atoms with van der Waals surface area (Å²) in [4.78, 5) is 15.4. The molecule has 3 rings (SSSR count). The number of aryl methyl sites for hydroxylation is 2. The zero-order valence-electron chi connectivity index (χ0n) is 16.3. The molecule has 1 amide bonds. The highest BCUT2D eigenvalue weighted by Gasteiger charge is 2.17. The Bertz CT molecular complexity index is 908. The van der Waals surface area contributed by atoms with E-state index in [9.17, 15) is 4.79 Å². The molecule has 28 heavy (non-hydrogen) atoms. The van der Waals surface area contributed by atoms with Crippen LogP contribution in [0, 0.1) is 13.8 Å². The van der Waals surface area contributed by atoms with Crippen molar-refractivity contribution in [1.29, 1.82) is 0 Å². The Morgan fingerprint density at radius 2 is 2.14 bits per heavy atom. The summed E-state index contributed by atoms with van der Waals surface area (Å²) in [6, 6.07) is 9.82. The molecule has 2 aromatic heterocycles. The quantitative estimate of drug-likeness (QED) is 0.592. The molecule has 0 aliphatic heterocycles. The maximum Gasteiger partial charge on any atom is 0.257 e. The van der Waals surface area contributed by atoms with Crippen molar-refractivity contribution in [2.75, 3.05) is 32.1 Å². The van der Waals surface area contributed by atoms with E-state index in [-0.39, 0.29) is 12.5 Å². The smallest absolute Gasteiger partial charge is 0.257 e. The zero-order chi connectivity index (χ0) is 19.9. The highest BCUT2D eigenvalue weighted by atomic mass is 32.1. The van der Waals surface area contributed by atoms with Gasteiger partial charge in [0.05, 0.1) is 24.6 Å². The maximum absolute atomic E-state index is 12.5. The second-order valence-electron chi connectivity index (χ2n) is 6.55. The van der Waals surface area contributed by atoms with Gasteiger partial charge >= 0.3 is 0 Å². The molecule has 0 aliphatic rings. The van der Waals surface area contributed by atoms with Crippen molar-refractivity contribution in [3.63, 3.8) is 0 Å². The third-order valence-corrected chi connectivity index (χ3v) is 5.05. The number of aromatic nitrogens is 2. The third-order valence-electron chi connectivity index (χ3n) is 4.19. The van der Waals surface area contributed by atoms with Gasteiger partial charge < -0.3 is 14.5 Å². The van der Waals surface area contributed by atoms with E-state index < -0.39 is 0 Å². The van der Waals surface area contributed by atoms with E-state index in [0.29, 0.717) is 31.5 Å². The van der Waals surface area contributed by atoms with Gasteiger partial charge in [0, 0.05) is 19.3 Å². The topological polar surface area (TPSA) is 80.5 Å². The number of methoxy groups -OCH3 is 1. The van der Waals surface area contributed by atoms with E-state index in [4.69, 9.17) is 9.15 Å². The zero-order valence-corrected chi connectivity index (χ0v) is 17.1. The summed E-state index contributed by atoms with van der Waals surface area (Å²) in [5.74, 6) is 0.872. The van der Waals surface area contributed by atoms with Crippen LogP contribution in [0.15, 0.2) is 40.1 Å². The lowest BCUT2D eigenvalue weighted by atomic mass is 10.1. The average Bonchev–Trinajstić information content (AvgIpc) is 3.33. The van der Waals surface area contributed by atoms with Crippen molar-refractivity contribution in [2.45, 2.75) is 20.4 Å². The van der Waals surface area contributed by atoms with Crippen LogP contribution in [0.4, 0.5) is 5.69 Å². The Kier molecular flexibility index (Phi) is 6.91. The molecule has 148 valence electrons. The highest BCUT2D eigenvalue weighted by Crippen LogP contribution is 2.23. The minimum Gasteiger partial charge on any atom is -0.419 e. The molecular formula is C20H24N4O3S. The fraction of sp³-hybridized carbons (Fsp3) is 0.350. The number of hydrogen-bond donors (Lipinski definition) is 1. The van der Waals surface area contributed by atoms with Crippen LogP contribution in [0.5, 0.6) is 0 Å². The van der Waals surface area contributed by atoms with Crippen molar-refractivity contribution < 1.29 is 13.9 Å². The number of nitrogens with one attached hydrogen (secondary N) is 1. The minimum atomic E-state index is -0.0962. The molecular weight excluding hydrogens is 376 g/mol. The van der Waals surface area contributed by atoms with Crippen molar-refractivity contribution in [1.82, 2.24) is 15.1 Å². The second-order valence-corrected chi connectivity index (χ2v) is 7.50. The van der Waals surface area contributed by atoms with Crippen LogP contribution in [0.25, 0.3) is 10.8 Å². The molecule has 2 heterocycles. The number of anilines is 1. The lowest BCUT2D eigenvalue weighted by Crippen LogP contribution is -2.35. The van der Waals surface area contributed by atoms with Crippen LogP contribution in [0.1, 0.15) is 17.0 Å². The van der Waals surface area contributed by atoms with E-state index in [0.717, 1.165) is 21.7 Å². The van der Waals surface area contributed by atoms with Crippen LogP contribution in [-0.2, 0) is 16.1 Å². The summed E-state index contributed by atoms with van der Waals surface area (Å²) in [6.45, 7) is 5.67. The first-order valence-corrected chi connectivity index (χ1v) is 9.88. The molecule has 1 N–H and O–H groups in total. The van der Waals surface area contributed by atoms with E-state index >= 15 is 0 Å². The number of nitrogens with zero attached hydrogens (tertiary/aromatic N) is 3. The van der Waals surface area contributed by atoms with Crippen molar-refractivity contribution in [3.05, 3.63) is 52.7 Å². The predicted molar refractivity (Wildman–Crippen MR) is 109 cm³/mol. The molecule has 0 radical (unpaired) electrons. The van der Waals surface area contributed by atoms with Gasteiger partial charge in [0.1, 0.15) is 0 Å². The Morgan fingerprint density at radius 3 is 2.86 bits per heavy atom. The molecule has 8 heteroatoms. The van der Waals surface area contributed by atoms with Gasteiger partial charge in [0.25, 0.3) is 5.89 Å². The molecule has 0 unspecified atom stereocenters. The van der Waals surface area contributed by atoms with E-state index in [1.165, 1.54) is 0 Å². The van der Waals surface area contributed by atoms with Crippen molar-refractivity contribution in [2.24, 2.45) is 0 Å². The minimum absolute atomic E-state index is 0.0962. The number of carbonyl (C=O) groups excluding carboxylic acids is 1. The van der Waals surface area contributed by atoms with Gasteiger partial charge in [-0.25, -0.2) is 0 Å². The van der Waals surface area contributed by atoms with Crippen LogP contribution in [-0.4, -0.2) is 47.8 Å². The highest BCUT2D eigenvalue weighted by molar-refractivity contribution is 7.13. The molecule has 1 aromatic carbocycles. The summed E-state index contributed by atoms with van der Waals surface area (Å²) in [6.07, 6.45) is 0.